The Morgan fingerprint density at radius 2 is 2.29 bits per heavy atom. The summed E-state index contributed by atoms with van der Waals surface area (Å²) in [5, 5.41) is 0.969. The summed E-state index contributed by atoms with van der Waals surface area (Å²) in [6, 6.07) is 0. The number of unbranched alkanes of at least 4 members (excludes halogenated alkanes) is 1. The topological polar surface area (TPSA) is 17.1 Å². The maximum absolute atomic E-state index is 10.4. The van der Waals surface area contributed by atoms with Crippen LogP contribution in [0.1, 0.15) is 19.8 Å². The Morgan fingerprint density at radius 1 is 1.71 bits per heavy atom. The normalized spacial score (nSPS) is 14.1. The molecule has 0 aromatic rings. The van der Waals surface area contributed by atoms with Crippen molar-refractivity contribution in [1.29, 1.82) is 0 Å². The predicted octanol–water partition coefficient (Wildman–Crippen LogP) is 0.874. The molecule has 0 heterocycles. The summed E-state index contributed by atoms with van der Waals surface area (Å²) in [6.45, 7) is 2.12. The second-order valence-electron chi connectivity index (χ2n) is 1.63. The predicted molar refractivity (Wildman–Crippen MR) is 31.9 cm³/mol. The van der Waals surface area contributed by atoms with Crippen LogP contribution in [0.4, 0.5) is 0 Å². The van der Waals surface area contributed by atoms with Gasteiger partial charge < -0.3 is 0 Å². The molecule has 0 aromatic heterocycles. The van der Waals surface area contributed by atoms with Gasteiger partial charge in [-0.1, -0.05) is 0 Å². The van der Waals surface area contributed by atoms with E-state index in [0.29, 0.717) is 0 Å². The zero-order valence-electron chi connectivity index (χ0n) is 4.94. The number of hydrogen-bond donors (Lipinski definition) is 0. The second kappa shape index (κ2) is 5.06. The quantitative estimate of drug-likeness (QED) is 0.558. The van der Waals surface area contributed by atoms with Crippen LogP contribution < -0.4 is 0 Å². The first-order chi connectivity index (χ1) is 3.27. The van der Waals surface area contributed by atoms with Crippen molar-refractivity contribution < 1.29 is 3.83 Å². The number of rotatable bonds is 3. The van der Waals surface area contributed by atoms with Crippen LogP contribution in [0.25, 0.3) is 0 Å². The first-order valence-electron chi connectivity index (χ1n) is 2.57. The first-order valence-corrected chi connectivity index (χ1v) is 6.19. The Labute approximate surface area is 56.5 Å². The molecule has 0 bridgehead atoms. The van der Waals surface area contributed by atoms with Crippen molar-refractivity contribution in [3.8, 4) is 0 Å². The van der Waals surface area contributed by atoms with E-state index in [9.17, 15) is 3.83 Å². The fourth-order valence-electron chi connectivity index (χ4n) is 0.348. The summed E-state index contributed by atoms with van der Waals surface area (Å²) in [5.41, 5.74) is 0. The van der Waals surface area contributed by atoms with Crippen molar-refractivity contribution in [3.05, 3.63) is 0 Å². The molecule has 0 aromatic carbocycles. The van der Waals surface area contributed by atoms with Gasteiger partial charge in [0.1, 0.15) is 0 Å². The van der Waals surface area contributed by atoms with Gasteiger partial charge in [0, 0.05) is 0 Å². The fraction of sp³-hybridized carbons (Fsp3) is 1.00. The molecule has 1 atom stereocenters. The molecule has 0 aliphatic rings. The van der Waals surface area contributed by atoms with Crippen LogP contribution in [0.2, 0.25) is 5.32 Å². The third-order valence-corrected chi connectivity index (χ3v) is 2.60. The van der Waals surface area contributed by atoms with Crippen molar-refractivity contribution in [2.45, 2.75) is 25.1 Å². The summed E-state index contributed by atoms with van der Waals surface area (Å²) in [7, 11) is 0. The fourth-order valence-corrected chi connectivity index (χ4v) is 1.81. The van der Waals surface area contributed by atoms with Crippen molar-refractivity contribution in [2.75, 3.05) is 0 Å². The molecule has 0 saturated carbocycles. The minimum absolute atomic E-state index is 0.969. The standard InChI is InChI=1S/C4H9OSe.Li/c1-2-3-4-6-5;/h2-4H2,1H3;/q+1;-1. The van der Waals surface area contributed by atoms with Gasteiger partial charge in [-0.05, 0) is 0 Å². The van der Waals surface area contributed by atoms with Gasteiger partial charge in [-0.3, -0.25) is 0 Å². The third-order valence-electron chi connectivity index (χ3n) is 0.785. The summed E-state index contributed by atoms with van der Waals surface area (Å²) < 4.78 is 10.4. The Hall–Kier alpha value is 0.917. The van der Waals surface area contributed by atoms with E-state index in [4.69, 9.17) is 0 Å². The van der Waals surface area contributed by atoms with E-state index in [2.05, 4.69) is 6.92 Å². The Balaban J connectivity index is 2.82. The maximum atomic E-state index is 10.4. The molecule has 0 radical (unpaired) electrons. The molecule has 0 rings (SSSR count). The van der Waals surface area contributed by atoms with Gasteiger partial charge in [0.15, 0.2) is 0 Å². The number of hydrogen-bond acceptors (Lipinski definition) is 1. The van der Waals surface area contributed by atoms with Crippen molar-refractivity contribution in [1.82, 2.24) is 0 Å². The van der Waals surface area contributed by atoms with E-state index in [1.165, 1.54) is 6.42 Å². The van der Waals surface area contributed by atoms with E-state index in [0.717, 1.165) is 11.7 Å². The molecular weight excluding hydrogens is 150 g/mol. The van der Waals surface area contributed by atoms with Crippen LogP contribution in [0, 0.1) is 0 Å². The van der Waals surface area contributed by atoms with Crippen molar-refractivity contribution in [2.24, 2.45) is 0 Å². The van der Waals surface area contributed by atoms with Crippen LogP contribution in [0.15, 0.2) is 0 Å². The molecule has 0 N–H and O–H groups in total. The zero-order valence-corrected chi connectivity index (χ0v) is 6.65. The van der Waals surface area contributed by atoms with Gasteiger partial charge in [-0.2, -0.15) is 0 Å². The van der Waals surface area contributed by atoms with Gasteiger partial charge >= 0.3 is 56.3 Å². The van der Waals surface area contributed by atoms with Crippen LogP contribution in [0.3, 0.4) is 0 Å². The average molecular weight is 159 g/mol. The first kappa shape index (κ1) is 7.92. The van der Waals surface area contributed by atoms with Gasteiger partial charge in [-0.15, -0.1) is 0 Å². The van der Waals surface area contributed by atoms with E-state index in [-0.39, 0.29) is 0 Å². The molecule has 7 heavy (non-hydrogen) atoms. The molecular formula is C4H9LiOSe. The molecule has 0 spiro atoms. The minimum atomic E-state index is -1.33. The molecule has 1 nitrogen and oxygen atoms in total. The van der Waals surface area contributed by atoms with Gasteiger partial charge in [-0.25, -0.2) is 0 Å². The molecule has 0 amide bonds. The van der Waals surface area contributed by atoms with E-state index >= 15 is 0 Å². The van der Waals surface area contributed by atoms with Gasteiger partial charge in [0.25, 0.3) is 0 Å². The van der Waals surface area contributed by atoms with Crippen LogP contribution in [-0.2, 0) is 3.83 Å². The van der Waals surface area contributed by atoms with Gasteiger partial charge in [0.05, 0.1) is 0 Å². The SMILES string of the molecule is [Li][Se](=O)CCCC. The summed E-state index contributed by atoms with van der Waals surface area (Å²) in [6.07, 6.45) is 2.32. The summed E-state index contributed by atoms with van der Waals surface area (Å²) >= 11 is 0.514. The summed E-state index contributed by atoms with van der Waals surface area (Å²) in [5.74, 6) is 0. The second-order valence-corrected chi connectivity index (χ2v) is 4.89. The summed E-state index contributed by atoms with van der Waals surface area (Å²) in [4.78, 5) is 0. The van der Waals surface area contributed by atoms with Crippen LogP contribution in [-0.4, -0.2) is 27.4 Å². The molecule has 3 heteroatoms. The van der Waals surface area contributed by atoms with E-state index < -0.39 is 11.6 Å². The molecule has 0 fully saturated rings. The molecule has 38 valence electrons. The molecule has 1 unspecified atom stereocenters. The van der Waals surface area contributed by atoms with Crippen molar-refractivity contribution in [3.63, 3.8) is 0 Å². The Bertz CT molecular complexity index is 64.7. The molecule has 0 aliphatic heterocycles. The molecule has 0 saturated heterocycles. The van der Waals surface area contributed by atoms with Gasteiger partial charge in [0.2, 0.25) is 0 Å². The van der Waals surface area contributed by atoms with Crippen molar-refractivity contribution >= 4 is 27.4 Å². The third kappa shape index (κ3) is 6.92. The van der Waals surface area contributed by atoms with Crippen LogP contribution in [0.5, 0.6) is 0 Å². The Kier molecular flexibility index (Phi) is 5.72. The Morgan fingerprint density at radius 3 is 2.43 bits per heavy atom. The monoisotopic (exact) mass is 160 g/mol. The zero-order chi connectivity index (χ0) is 5.70. The van der Waals surface area contributed by atoms with E-state index in [1.807, 2.05) is 15.8 Å². The molecule has 0 aliphatic carbocycles. The van der Waals surface area contributed by atoms with E-state index in [1.54, 1.807) is 0 Å². The average Bonchev–Trinajstić information content (AvgIpc) is 1.61. The van der Waals surface area contributed by atoms with Crippen LogP contribution >= 0.6 is 0 Å².